The lowest BCUT2D eigenvalue weighted by Crippen LogP contribution is -2.17. The minimum Gasteiger partial charge on any atom is -0.406 e. The second kappa shape index (κ2) is 6.88. The summed E-state index contributed by atoms with van der Waals surface area (Å²) < 4.78 is 45.2. The van der Waals surface area contributed by atoms with Crippen LogP contribution in [0.1, 0.15) is 16.3 Å². The average molecular weight is 319 g/mol. The Labute approximate surface area is 122 Å². The van der Waals surface area contributed by atoms with Gasteiger partial charge in [-0.05, 0) is 17.7 Å². The smallest absolute Gasteiger partial charge is 0.406 e. The summed E-state index contributed by atoms with van der Waals surface area (Å²) in [6.45, 7) is 0.420. The van der Waals surface area contributed by atoms with Crippen LogP contribution in [0.3, 0.4) is 0 Å². The minimum absolute atomic E-state index is 0.114. The predicted molar refractivity (Wildman–Crippen MR) is 69.7 cm³/mol. The van der Waals surface area contributed by atoms with E-state index in [0.717, 1.165) is 10.6 Å². The van der Waals surface area contributed by atoms with Gasteiger partial charge in [0, 0.05) is 5.38 Å². The van der Waals surface area contributed by atoms with Crippen molar-refractivity contribution in [3.05, 3.63) is 45.9 Å². The monoisotopic (exact) mass is 319 g/mol. The molecule has 114 valence electrons. The van der Waals surface area contributed by atoms with Crippen LogP contribution in [0.4, 0.5) is 13.2 Å². The van der Waals surface area contributed by atoms with Crippen molar-refractivity contribution in [1.29, 1.82) is 0 Å². The number of rotatable bonds is 6. The Bertz CT molecular complexity index is 569. The van der Waals surface area contributed by atoms with E-state index in [-0.39, 0.29) is 25.6 Å². The van der Waals surface area contributed by atoms with Crippen LogP contribution in [0.5, 0.6) is 5.75 Å². The van der Waals surface area contributed by atoms with Crippen LogP contribution in [0.2, 0.25) is 0 Å². The van der Waals surface area contributed by atoms with E-state index < -0.39 is 6.36 Å². The number of aromatic nitrogens is 1. The summed E-state index contributed by atoms with van der Waals surface area (Å²) in [6.07, 6.45) is -4.69. The van der Waals surface area contributed by atoms with Crippen molar-refractivity contribution in [2.75, 3.05) is 0 Å². The van der Waals surface area contributed by atoms with Crippen LogP contribution in [-0.2, 0) is 24.6 Å². The first kappa shape index (κ1) is 15.7. The zero-order valence-corrected chi connectivity index (χ0v) is 11.6. The van der Waals surface area contributed by atoms with E-state index in [4.69, 9.17) is 9.84 Å². The number of aliphatic hydroxyl groups is 1. The molecule has 0 amide bonds. The number of benzene rings is 1. The molecule has 0 aliphatic heterocycles. The van der Waals surface area contributed by atoms with Crippen LogP contribution >= 0.6 is 11.3 Å². The summed E-state index contributed by atoms with van der Waals surface area (Å²) >= 11 is 1.38. The predicted octanol–water partition coefficient (Wildman–Crippen LogP) is 3.25. The standard InChI is InChI=1S/C13H12F3NO3S/c14-13(15,16)20-11-3-1-9(2-4-11)6-19-7-12-17-10(5-18)8-21-12/h1-4,8,18H,5-7H2. The minimum atomic E-state index is -4.69. The Balaban J connectivity index is 1.80. The number of alkyl halides is 3. The zero-order valence-electron chi connectivity index (χ0n) is 10.8. The fourth-order valence-electron chi connectivity index (χ4n) is 1.53. The third-order valence-electron chi connectivity index (χ3n) is 2.41. The normalized spacial score (nSPS) is 11.6. The van der Waals surface area contributed by atoms with E-state index in [2.05, 4.69) is 9.72 Å². The molecule has 1 heterocycles. The van der Waals surface area contributed by atoms with Crippen molar-refractivity contribution in [2.45, 2.75) is 26.2 Å². The van der Waals surface area contributed by atoms with E-state index in [1.165, 1.54) is 35.6 Å². The molecular weight excluding hydrogens is 307 g/mol. The number of ether oxygens (including phenoxy) is 2. The number of aliphatic hydroxyl groups excluding tert-OH is 1. The van der Waals surface area contributed by atoms with E-state index in [9.17, 15) is 13.2 Å². The van der Waals surface area contributed by atoms with Crippen LogP contribution < -0.4 is 4.74 Å². The summed E-state index contributed by atoms with van der Waals surface area (Å²) in [6, 6.07) is 5.48. The Morgan fingerprint density at radius 2 is 1.86 bits per heavy atom. The Kier molecular flexibility index (Phi) is 5.16. The average Bonchev–Trinajstić information content (AvgIpc) is 2.87. The molecule has 0 radical (unpaired) electrons. The molecular formula is C13H12F3NO3S. The van der Waals surface area contributed by atoms with Crippen molar-refractivity contribution < 1.29 is 27.8 Å². The van der Waals surface area contributed by atoms with Crippen molar-refractivity contribution in [3.63, 3.8) is 0 Å². The van der Waals surface area contributed by atoms with Crippen LogP contribution in [0.25, 0.3) is 0 Å². The van der Waals surface area contributed by atoms with Crippen molar-refractivity contribution in [3.8, 4) is 5.75 Å². The SMILES string of the molecule is OCc1csc(COCc2ccc(OC(F)(F)F)cc2)n1. The maximum atomic E-state index is 12.0. The zero-order chi connectivity index (χ0) is 15.3. The molecule has 0 aliphatic rings. The van der Waals surface area contributed by atoms with Gasteiger partial charge >= 0.3 is 6.36 Å². The molecule has 0 aliphatic carbocycles. The highest BCUT2D eigenvalue weighted by atomic mass is 32.1. The second-order valence-electron chi connectivity index (χ2n) is 4.08. The van der Waals surface area contributed by atoms with Gasteiger partial charge in [-0.3, -0.25) is 0 Å². The first-order valence-electron chi connectivity index (χ1n) is 5.93. The molecule has 2 rings (SSSR count). The third-order valence-corrected chi connectivity index (χ3v) is 3.28. The number of hydrogen-bond donors (Lipinski definition) is 1. The van der Waals surface area contributed by atoms with Gasteiger partial charge in [0.05, 0.1) is 25.5 Å². The Morgan fingerprint density at radius 3 is 2.43 bits per heavy atom. The number of halogens is 3. The van der Waals surface area contributed by atoms with Crippen LogP contribution in [0, 0.1) is 0 Å². The molecule has 0 atom stereocenters. The fraction of sp³-hybridized carbons (Fsp3) is 0.308. The van der Waals surface area contributed by atoms with Crippen LogP contribution in [0.15, 0.2) is 29.6 Å². The van der Waals surface area contributed by atoms with E-state index in [0.29, 0.717) is 5.69 Å². The second-order valence-corrected chi connectivity index (χ2v) is 5.02. The molecule has 0 fully saturated rings. The van der Waals surface area contributed by atoms with Gasteiger partial charge in [-0.1, -0.05) is 12.1 Å². The molecule has 0 bridgehead atoms. The summed E-state index contributed by atoms with van der Waals surface area (Å²) in [5, 5.41) is 11.3. The molecule has 2 aromatic rings. The molecule has 0 unspecified atom stereocenters. The number of nitrogens with zero attached hydrogens (tertiary/aromatic N) is 1. The summed E-state index contributed by atoms with van der Waals surface area (Å²) in [5.74, 6) is -0.265. The third kappa shape index (κ3) is 5.33. The maximum Gasteiger partial charge on any atom is 0.573 e. The fourth-order valence-corrected chi connectivity index (χ4v) is 2.25. The van der Waals surface area contributed by atoms with Crippen molar-refractivity contribution in [1.82, 2.24) is 4.98 Å². The van der Waals surface area contributed by atoms with Gasteiger partial charge in [0.25, 0.3) is 0 Å². The van der Waals surface area contributed by atoms with Gasteiger partial charge in [0.15, 0.2) is 0 Å². The van der Waals surface area contributed by atoms with E-state index in [1.807, 2.05) is 0 Å². The highest BCUT2D eigenvalue weighted by Crippen LogP contribution is 2.23. The number of hydrogen-bond acceptors (Lipinski definition) is 5. The first-order chi connectivity index (χ1) is 9.96. The molecule has 21 heavy (non-hydrogen) atoms. The van der Waals surface area contributed by atoms with E-state index >= 15 is 0 Å². The molecule has 1 N–H and O–H groups in total. The van der Waals surface area contributed by atoms with Gasteiger partial charge in [-0.15, -0.1) is 24.5 Å². The van der Waals surface area contributed by atoms with E-state index in [1.54, 1.807) is 5.38 Å². The summed E-state index contributed by atoms with van der Waals surface area (Å²) in [4.78, 5) is 4.11. The highest BCUT2D eigenvalue weighted by molar-refractivity contribution is 7.09. The molecule has 8 heteroatoms. The molecule has 1 aromatic heterocycles. The molecule has 0 saturated carbocycles. The van der Waals surface area contributed by atoms with Gasteiger partial charge in [0.2, 0.25) is 0 Å². The lowest BCUT2D eigenvalue weighted by molar-refractivity contribution is -0.274. The lowest BCUT2D eigenvalue weighted by atomic mass is 10.2. The maximum absolute atomic E-state index is 12.0. The Hall–Kier alpha value is -1.64. The van der Waals surface area contributed by atoms with Crippen LogP contribution in [-0.4, -0.2) is 16.5 Å². The highest BCUT2D eigenvalue weighted by Gasteiger charge is 2.30. The summed E-state index contributed by atoms with van der Waals surface area (Å²) in [7, 11) is 0. The van der Waals surface area contributed by atoms with Gasteiger partial charge < -0.3 is 14.6 Å². The van der Waals surface area contributed by atoms with Gasteiger partial charge in [-0.25, -0.2) is 4.98 Å². The van der Waals surface area contributed by atoms with Gasteiger partial charge in [0.1, 0.15) is 10.8 Å². The largest absolute Gasteiger partial charge is 0.573 e. The lowest BCUT2D eigenvalue weighted by Gasteiger charge is -2.09. The number of thiazole rings is 1. The molecule has 0 saturated heterocycles. The Morgan fingerprint density at radius 1 is 1.14 bits per heavy atom. The topological polar surface area (TPSA) is 51.6 Å². The van der Waals surface area contributed by atoms with Crippen molar-refractivity contribution >= 4 is 11.3 Å². The van der Waals surface area contributed by atoms with Crippen molar-refractivity contribution in [2.24, 2.45) is 0 Å². The quantitative estimate of drug-likeness (QED) is 0.888. The van der Waals surface area contributed by atoms with Gasteiger partial charge in [-0.2, -0.15) is 0 Å². The summed E-state index contributed by atoms with van der Waals surface area (Å²) in [5.41, 5.74) is 1.32. The molecule has 4 nitrogen and oxygen atoms in total. The first-order valence-corrected chi connectivity index (χ1v) is 6.81. The molecule has 0 spiro atoms. The molecule has 1 aromatic carbocycles.